The van der Waals surface area contributed by atoms with Gasteiger partial charge in [0.05, 0.1) is 13.0 Å². The molecule has 1 N–H and O–H groups in total. The van der Waals surface area contributed by atoms with Crippen molar-refractivity contribution in [3.63, 3.8) is 0 Å². The highest BCUT2D eigenvalue weighted by Gasteiger charge is 2.21. The summed E-state index contributed by atoms with van der Waals surface area (Å²) in [7, 11) is 0. The van der Waals surface area contributed by atoms with Gasteiger partial charge in [-0.2, -0.15) is 0 Å². The Morgan fingerprint density at radius 3 is 2.24 bits per heavy atom. The number of aliphatic carboxylic acids is 1. The van der Waals surface area contributed by atoms with E-state index in [9.17, 15) is 14.4 Å². The van der Waals surface area contributed by atoms with Gasteiger partial charge in [0.15, 0.2) is 0 Å². The standard InChI is InChI=1S/C11H19NO5/c1-4-17-11(16)7-12(8(2)3)9(13)5-6-10(14)15/h8H,4-7H2,1-3H3,(H,14,15). The van der Waals surface area contributed by atoms with Gasteiger partial charge in [-0.3, -0.25) is 14.4 Å². The van der Waals surface area contributed by atoms with Gasteiger partial charge in [-0.15, -0.1) is 0 Å². The first kappa shape index (κ1) is 15.4. The third-order valence-electron chi connectivity index (χ3n) is 2.10. The number of esters is 1. The highest BCUT2D eigenvalue weighted by molar-refractivity contribution is 5.84. The van der Waals surface area contributed by atoms with Crippen LogP contribution < -0.4 is 0 Å². The molecule has 98 valence electrons. The smallest absolute Gasteiger partial charge is 0.325 e. The van der Waals surface area contributed by atoms with E-state index < -0.39 is 11.9 Å². The molecule has 6 heteroatoms. The van der Waals surface area contributed by atoms with Crippen molar-refractivity contribution >= 4 is 17.8 Å². The van der Waals surface area contributed by atoms with Crippen LogP contribution in [0.25, 0.3) is 0 Å². The van der Waals surface area contributed by atoms with E-state index in [-0.39, 0.29) is 37.9 Å². The van der Waals surface area contributed by atoms with Crippen molar-refractivity contribution in [2.24, 2.45) is 0 Å². The molecular weight excluding hydrogens is 226 g/mol. The fourth-order valence-electron chi connectivity index (χ4n) is 1.26. The summed E-state index contributed by atoms with van der Waals surface area (Å²) in [6.45, 7) is 5.33. The lowest BCUT2D eigenvalue weighted by molar-refractivity contribution is -0.150. The van der Waals surface area contributed by atoms with E-state index in [4.69, 9.17) is 9.84 Å². The van der Waals surface area contributed by atoms with Gasteiger partial charge in [-0.1, -0.05) is 0 Å². The summed E-state index contributed by atoms with van der Waals surface area (Å²) in [4.78, 5) is 34.6. The van der Waals surface area contributed by atoms with Gasteiger partial charge in [-0.05, 0) is 20.8 Å². The number of hydrogen-bond acceptors (Lipinski definition) is 4. The number of carbonyl (C=O) groups is 3. The van der Waals surface area contributed by atoms with Crippen LogP contribution in [0.15, 0.2) is 0 Å². The topological polar surface area (TPSA) is 83.9 Å². The summed E-state index contributed by atoms with van der Waals surface area (Å²) in [5.74, 6) is -1.86. The normalized spacial score (nSPS) is 10.1. The molecule has 6 nitrogen and oxygen atoms in total. The molecule has 0 saturated carbocycles. The van der Waals surface area contributed by atoms with Crippen LogP contribution in [-0.4, -0.2) is 47.0 Å². The minimum atomic E-state index is -1.03. The maximum Gasteiger partial charge on any atom is 0.325 e. The van der Waals surface area contributed by atoms with E-state index in [1.165, 1.54) is 4.90 Å². The second kappa shape index (κ2) is 7.65. The second-order valence-electron chi connectivity index (χ2n) is 3.81. The molecule has 0 aliphatic rings. The molecule has 1 amide bonds. The SMILES string of the molecule is CCOC(=O)CN(C(=O)CCC(=O)O)C(C)C. The van der Waals surface area contributed by atoms with E-state index >= 15 is 0 Å². The Morgan fingerprint density at radius 1 is 1.24 bits per heavy atom. The molecule has 0 bridgehead atoms. The minimum absolute atomic E-state index is 0.104. The van der Waals surface area contributed by atoms with Crippen LogP contribution in [0.1, 0.15) is 33.6 Å². The molecule has 0 unspecified atom stereocenters. The van der Waals surface area contributed by atoms with E-state index in [0.717, 1.165) is 0 Å². The van der Waals surface area contributed by atoms with Crippen LogP contribution in [-0.2, 0) is 19.1 Å². The number of carbonyl (C=O) groups excluding carboxylic acids is 2. The molecule has 0 aromatic heterocycles. The first-order valence-corrected chi connectivity index (χ1v) is 5.55. The molecule has 0 fully saturated rings. The molecular formula is C11H19NO5. The van der Waals surface area contributed by atoms with Gasteiger partial charge in [0, 0.05) is 12.5 Å². The highest BCUT2D eigenvalue weighted by atomic mass is 16.5. The van der Waals surface area contributed by atoms with Crippen LogP contribution in [0.2, 0.25) is 0 Å². The van der Waals surface area contributed by atoms with Crippen molar-refractivity contribution < 1.29 is 24.2 Å². The average Bonchev–Trinajstić information content (AvgIpc) is 2.22. The fraction of sp³-hybridized carbons (Fsp3) is 0.727. The van der Waals surface area contributed by atoms with Gasteiger partial charge >= 0.3 is 11.9 Å². The summed E-state index contributed by atoms with van der Waals surface area (Å²) in [5, 5.41) is 8.49. The molecule has 0 radical (unpaired) electrons. The fourth-order valence-corrected chi connectivity index (χ4v) is 1.26. The third kappa shape index (κ3) is 6.55. The molecule has 0 heterocycles. The lowest BCUT2D eigenvalue weighted by Crippen LogP contribution is -2.41. The Morgan fingerprint density at radius 2 is 1.82 bits per heavy atom. The zero-order valence-corrected chi connectivity index (χ0v) is 10.4. The first-order chi connectivity index (χ1) is 7.88. The third-order valence-corrected chi connectivity index (χ3v) is 2.10. The Hall–Kier alpha value is -1.59. The summed E-state index contributed by atoms with van der Waals surface area (Å²) >= 11 is 0. The molecule has 0 atom stereocenters. The number of rotatable bonds is 7. The number of carboxylic acid groups (broad SMARTS) is 1. The largest absolute Gasteiger partial charge is 0.481 e. The van der Waals surface area contributed by atoms with Crippen LogP contribution in [0, 0.1) is 0 Å². The molecule has 0 aromatic rings. The lowest BCUT2D eigenvalue weighted by atomic mass is 10.2. The number of carboxylic acids is 1. The molecule has 0 rings (SSSR count). The van der Waals surface area contributed by atoms with E-state index in [0.29, 0.717) is 0 Å². The molecule has 0 saturated heterocycles. The van der Waals surface area contributed by atoms with E-state index in [1.54, 1.807) is 20.8 Å². The number of nitrogens with zero attached hydrogens (tertiary/aromatic N) is 1. The van der Waals surface area contributed by atoms with E-state index in [2.05, 4.69) is 0 Å². The quantitative estimate of drug-likeness (QED) is 0.666. The Labute approximate surface area is 101 Å². The van der Waals surface area contributed by atoms with Gasteiger partial charge in [0.25, 0.3) is 0 Å². The lowest BCUT2D eigenvalue weighted by Gasteiger charge is -2.25. The molecule has 0 spiro atoms. The Kier molecular flexibility index (Phi) is 6.93. The summed E-state index contributed by atoms with van der Waals surface area (Å²) < 4.78 is 4.75. The zero-order valence-electron chi connectivity index (χ0n) is 10.4. The summed E-state index contributed by atoms with van der Waals surface area (Å²) in [6.07, 6.45) is -0.336. The average molecular weight is 245 g/mol. The van der Waals surface area contributed by atoms with Gasteiger partial charge in [-0.25, -0.2) is 0 Å². The van der Waals surface area contributed by atoms with Crippen LogP contribution in [0.5, 0.6) is 0 Å². The predicted octanol–water partition coefficient (Wildman–Crippen LogP) is 0.651. The molecule has 0 aliphatic heterocycles. The number of hydrogen-bond donors (Lipinski definition) is 1. The van der Waals surface area contributed by atoms with Crippen LogP contribution in [0.3, 0.4) is 0 Å². The van der Waals surface area contributed by atoms with Crippen molar-refractivity contribution in [1.29, 1.82) is 0 Å². The Balaban J connectivity index is 4.36. The van der Waals surface area contributed by atoms with E-state index in [1.807, 2.05) is 0 Å². The second-order valence-corrected chi connectivity index (χ2v) is 3.81. The predicted molar refractivity (Wildman–Crippen MR) is 60.4 cm³/mol. The number of amides is 1. The van der Waals surface area contributed by atoms with Crippen molar-refractivity contribution in [3.8, 4) is 0 Å². The number of ether oxygens (including phenoxy) is 1. The van der Waals surface area contributed by atoms with Crippen LogP contribution in [0.4, 0.5) is 0 Å². The first-order valence-electron chi connectivity index (χ1n) is 5.55. The maximum absolute atomic E-state index is 11.7. The van der Waals surface area contributed by atoms with Gasteiger partial charge in [0.2, 0.25) is 5.91 Å². The maximum atomic E-state index is 11.7. The highest BCUT2D eigenvalue weighted by Crippen LogP contribution is 2.04. The zero-order chi connectivity index (χ0) is 13.4. The molecule has 17 heavy (non-hydrogen) atoms. The minimum Gasteiger partial charge on any atom is -0.481 e. The van der Waals surface area contributed by atoms with Crippen molar-refractivity contribution in [2.45, 2.75) is 39.7 Å². The van der Waals surface area contributed by atoms with Gasteiger partial charge < -0.3 is 14.7 Å². The van der Waals surface area contributed by atoms with Crippen molar-refractivity contribution in [2.75, 3.05) is 13.2 Å². The van der Waals surface area contributed by atoms with Crippen molar-refractivity contribution in [3.05, 3.63) is 0 Å². The molecule has 0 aromatic carbocycles. The van der Waals surface area contributed by atoms with Crippen molar-refractivity contribution in [1.82, 2.24) is 4.90 Å². The summed E-state index contributed by atoms with van der Waals surface area (Å²) in [5.41, 5.74) is 0. The van der Waals surface area contributed by atoms with Gasteiger partial charge in [0.1, 0.15) is 6.54 Å². The Bertz CT molecular complexity index is 288. The molecule has 0 aliphatic carbocycles. The monoisotopic (exact) mass is 245 g/mol. The summed E-state index contributed by atoms with van der Waals surface area (Å²) in [6, 6.07) is -0.166. The van der Waals surface area contributed by atoms with Crippen LogP contribution >= 0.6 is 0 Å².